The van der Waals surface area contributed by atoms with Crippen molar-refractivity contribution in [2.45, 2.75) is 13.1 Å². The molecular weight excluding hydrogens is 316 g/mol. The number of imidazole rings is 2. The maximum atomic E-state index is 12.0. The maximum Gasteiger partial charge on any atom is 0.278 e. The Morgan fingerprint density at radius 2 is 1.25 bits per heavy atom. The standard InChI is InChI=1S/C12H12N10O2/c13-11-17-7-5(9(23)19-11)21(3-15-7)1-2-22-4-16-8-6(22)10(24)20-12(14)18-8/h3-4H,1-2H2,(H3,13,17,19,23)(H3,14,18,20,24). The smallest absolute Gasteiger partial charge is 0.278 e. The highest BCUT2D eigenvalue weighted by Gasteiger charge is 2.12. The molecule has 4 rings (SSSR count). The molecule has 0 aromatic carbocycles. The number of anilines is 2. The lowest BCUT2D eigenvalue weighted by atomic mass is 10.4. The summed E-state index contributed by atoms with van der Waals surface area (Å²) in [6.45, 7) is 0.751. The molecule has 12 nitrogen and oxygen atoms in total. The molecule has 0 amide bonds. The van der Waals surface area contributed by atoms with E-state index in [2.05, 4.69) is 29.9 Å². The van der Waals surface area contributed by atoms with Gasteiger partial charge in [-0.15, -0.1) is 0 Å². The highest BCUT2D eigenvalue weighted by atomic mass is 16.1. The van der Waals surface area contributed by atoms with Gasteiger partial charge in [0.2, 0.25) is 11.9 Å². The van der Waals surface area contributed by atoms with Gasteiger partial charge >= 0.3 is 0 Å². The van der Waals surface area contributed by atoms with Crippen molar-refractivity contribution >= 4 is 34.2 Å². The normalized spacial score (nSPS) is 11.5. The largest absolute Gasteiger partial charge is 0.369 e. The molecule has 0 fully saturated rings. The summed E-state index contributed by atoms with van der Waals surface area (Å²) in [7, 11) is 0. The zero-order chi connectivity index (χ0) is 16.8. The van der Waals surface area contributed by atoms with E-state index in [4.69, 9.17) is 11.5 Å². The fraction of sp³-hybridized carbons (Fsp3) is 0.167. The Balaban J connectivity index is 1.71. The molecule has 24 heavy (non-hydrogen) atoms. The van der Waals surface area contributed by atoms with Gasteiger partial charge in [-0.3, -0.25) is 19.6 Å². The fourth-order valence-electron chi connectivity index (χ4n) is 2.56. The topological polar surface area (TPSA) is 179 Å². The van der Waals surface area contributed by atoms with Crippen LogP contribution in [0.3, 0.4) is 0 Å². The van der Waals surface area contributed by atoms with E-state index in [0.29, 0.717) is 24.1 Å². The van der Waals surface area contributed by atoms with Crippen LogP contribution in [0, 0.1) is 0 Å². The number of nitrogens with zero attached hydrogens (tertiary/aromatic N) is 6. The summed E-state index contributed by atoms with van der Waals surface area (Å²) in [6, 6.07) is 0. The molecule has 0 bridgehead atoms. The van der Waals surface area contributed by atoms with Gasteiger partial charge in [-0.1, -0.05) is 0 Å². The van der Waals surface area contributed by atoms with Crippen LogP contribution in [0.1, 0.15) is 0 Å². The summed E-state index contributed by atoms with van der Waals surface area (Å²) >= 11 is 0. The van der Waals surface area contributed by atoms with E-state index in [1.807, 2.05) is 0 Å². The number of nitrogen functional groups attached to an aromatic ring is 2. The molecule has 122 valence electrons. The lowest BCUT2D eigenvalue weighted by Crippen LogP contribution is -2.18. The summed E-state index contributed by atoms with van der Waals surface area (Å²) in [5, 5.41) is 0. The molecule has 4 heterocycles. The summed E-state index contributed by atoms with van der Waals surface area (Å²) < 4.78 is 3.26. The molecule has 4 aromatic heterocycles. The molecule has 4 aromatic rings. The van der Waals surface area contributed by atoms with Gasteiger partial charge in [-0.2, -0.15) is 9.97 Å². The molecule has 0 atom stereocenters. The van der Waals surface area contributed by atoms with E-state index in [9.17, 15) is 9.59 Å². The third-order valence-electron chi connectivity index (χ3n) is 3.58. The lowest BCUT2D eigenvalue weighted by molar-refractivity contribution is 0.598. The van der Waals surface area contributed by atoms with Crippen molar-refractivity contribution in [3.63, 3.8) is 0 Å². The Morgan fingerprint density at radius 1 is 0.833 bits per heavy atom. The van der Waals surface area contributed by atoms with Gasteiger partial charge in [0.1, 0.15) is 0 Å². The van der Waals surface area contributed by atoms with E-state index in [0.717, 1.165) is 0 Å². The van der Waals surface area contributed by atoms with Crippen molar-refractivity contribution < 1.29 is 0 Å². The first-order valence-electron chi connectivity index (χ1n) is 6.94. The van der Waals surface area contributed by atoms with Crippen LogP contribution in [0.5, 0.6) is 0 Å². The molecule has 0 unspecified atom stereocenters. The fourth-order valence-corrected chi connectivity index (χ4v) is 2.56. The Morgan fingerprint density at radius 3 is 1.67 bits per heavy atom. The number of hydrogen-bond acceptors (Lipinski definition) is 8. The predicted octanol–water partition coefficient (Wildman–Crippen LogP) is -1.58. The highest BCUT2D eigenvalue weighted by Crippen LogP contribution is 2.09. The highest BCUT2D eigenvalue weighted by molar-refractivity contribution is 5.71. The monoisotopic (exact) mass is 328 g/mol. The number of hydrogen-bond donors (Lipinski definition) is 4. The van der Waals surface area contributed by atoms with E-state index in [1.165, 1.54) is 12.7 Å². The van der Waals surface area contributed by atoms with Crippen LogP contribution < -0.4 is 22.6 Å². The van der Waals surface area contributed by atoms with Gasteiger partial charge < -0.3 is 20.6 Å². The van der Waals surface area contributed by atoms with Crippen LogP contribution in [-0.2, 0) is 13.1 Å². The third-order valence-corrected chi connectivity index (χ3v) is 3.58. The summed E-state index contributed by atoms with van der Waals surface area (Å²) in [5.74, 6) is 0.0158. The molecule has 12 heteroatoms. The average molecular weight is 328 g/mol. The third kappa shape index (κ3) is 2.08. The SMILES string of the molecule is Nc1nc2ncn(CCn3cnc4nc(N)[nH]c(=O)c43)c2c(=O)[nH]1. The van der Waals surface area contributed by atoms with Gasteiger partial charge in [0.05, 0.1) is 12.7 Å². The molecule has 0 saturated carbocycles. The second-order valence-corrected chi connectivity index (χ2v) is 5.12. The molecule has 0 radical (unpaired) electrons. The van der Waals surface area contributed by atoms with Crippen LogP contribution in [0.2, 0.25) is 0 Å². The average Bonchev–Trinajstić information content (AvgIpc) is 3.08. The van der Waals surface area contributed by atoms with Gasteiger partial charge in [-0.05, 0) is 0 Å². The van der Waals surface area contributed by atoms with E-state index in [-0.39, 0.29) is 34.3 Å². The number of fused-ring (bicyclic) bond motifs is 2. The van der Waals surface area contributed by atoms with Crippen molar-refractivity contribution in [2.75, 3.05) is 11.5 Å². The van der Waals surface area contributed by atoms with Gasteiger partial charge in [0.15, 0.2) is 22.3 Å². The van der Waals surface area contributed by atoms with E-state index < -0.39 is 0 Å². The molecule has 0 aliphatic rings. The van der Waals surface area contributed by atoms with Crippen molar-refractivity contribution in [3.8, 4) is 0 Å². The number of aryl methyl sites for hydroxylation is 2. The second-order valence-electron chi connectivity index (χ2n) is 5.12. The second kappa shape index (κ2) is 4.91. The predicted molar refractivity (Wildman–Crippen MR) is 85.1 cm³/mol. The zero-order valence-corrected chi connectivity index (χ0v) is 12.2. The molecule has 0 saturated heterocycles. The Bertz CT molecular complexity index is 1090. The molecule has 0 aliphatic heterocycles. The molecule has 6 N–H and O–H groups in total. The van der Waals surface area contributed by atoms with Crippen molar-refractivity contribution in [1.29, 1.82) is 0 Å². The van der Waals surface area contributed by atoms with Crippen LogP contribution in [0.4, 0.5) is 11.9 Å². The zero-order valence-electron chi connectivity index (χ0n) is 12.2. The van der Waals surface area contributed by atoms with Crippen LogP contribution in [0.15, 0.2) is 22.2 Å². The molecular formula is C12H12N10O2. The van der Waals surface area contributed by atoms with Crippen molar-refractivity contribution in [3.05, 3.63) is 33.4 Å². The van der Waals surface area contributed by atoms with Gasteiger partial charge in [0.25, 0.3) is 11.1 Å². The minimum absolute atomic E-state index is 0.00792. The number of aromatic amines is 2. The van der Waals surface area contributed by atoms with Gasteiger partial charge in [-0.25, -0.2) is 9.97 Å². The van der Waals surface area contributed by atoms with E-state index in [1.54, 1.807) is 9.13 Å². The number of H-pyrrole nitrogens is 2. The lowest BCUT2D eigenvalue weighted by Gasteiger charge is -2.05. The number of aromatic nitrogens is 8. The minimum atomic E-state index is -0.377. The summed E-state index contributed by atoms with van der Waals surface area (Å²) in [6.07, 6.45) is 2.98. The minimum Gasteiger partial charge on any atom is -0.369 e. The number of rotatable bonds is 3. The Kier molecular flexibility index (Phi) is 2.85. The summed E-state index contributed by atoms with van der Waals surface area (Å²) in [4.78, 5) is 44.9. The Hall–Kier alpha value is -3.70. The van der Waals surface area contributed by atoms with Crippen LogP contribution >= 0.6 is 0 Å². The molecule has 0 spiro atoms. The molecule has 0 aliphatic carbocycles. The Labute approximate surface area is 132 Å². The first-order valence-corrected chi connectivity index (χ1v) is 6.94. The number of nitrogens with one attached hydrogen (secondary N) is 2. The maximum absolute atomic E-state index is 12.0. The first kappa shape index (κ1) is 13.9. The van der Waals surface area contributed by atoms with Crippen LogP contribution in [0.25, 0.3) is 22.3 Å². The van der Waals surface area contributed by atoms with Gasteiger partial charge in [0, 0.05) is 13.1 Å². The number of nitrogens with two attached hydrogens (primary N) is 2. The first-order chi connectivity index (χ1) is 11.5. The summed E-state index contributed by atoms with van der Waals surface area (Å²) in [5.41, 5.74) is 11.4. The van der Waals surface area contributed by atoms with Crippen LogP contribution in [-0.4, -0.2) is 39.0 Å². The quantitative estimate of drug-likeness (QED) is 0.347. The van der Waals surface area contributed by atoms with Crippen molar-refractivity contribution in [1.82, 2.24) is 39.0 Å². The van der Waals surface area contributed by atoms with Crippen molar-refractivity contribution in [2.24, 2.45) is 0 Å². The van der Waals surface area contributed by atoms with E-state index >= 15 is 0 Å².